The van der Waals surface area contributed by atoms with Gasteiger partial charge in [0.05, 0.1) is 7.11 Å². The Labute approximate surface area is 246 Å². The van der Waals surface area contributed by atoms with E-state index in [4.69, 9.17) is 9.47 Å². The molecule has 0 radical (unpaired) electrons. The molecule has 2 amide bonds. The van der Waals surface area contributed by atoms with Gasteiger partial charge >= 0.3 is 12.1 Å². The van der Waals surface area contributed by atoms with Crippen LogP contribution in [0.2, 0.25) is 0 Å². The van der Waals surface area contributed by atoms with Crippen LogP contribution in [0, 0.1) is 5.92 Å². The first-order valence-electron chi connectivity index (χ1n) is 14.3. The molecule has 0 spiro atoms. The van der Waals surface area contributed by atoms with Gasteiger partial charge in [0.15, 0.2) is 0 Å². The zero-order chi connectivity index (χ0) is 29.6. The van der Waals surface area contributed by atoms with E-state index in [0.29, 0.717) is 6.42 Å². The molecule has 5 rings (SSSR count). The van der Waals surface area contributed by atoms with E-state index in [0.717, 1.165) is 38.6 Å². The smallest absolute Gasteiger partial charge is 0.407 e. The zero-order valence-electron chi connectivity index (χ0n) is 24.1. The molecule has 0 saturated heterocycles. The highest BCUT2D eigenvalue weighted by atomic mass is 16.5. The van der Waals surface area contributed by atoms with Gasteiger partial charge in [0.25, 0.3) is 0 Å². The molecular formula is C35H36N2O5. The molecule has 2 atom stereocenters. The van der Waals surface area contributed by atoms with E-state index in [-0.39, 0.29) is 24.9 Å². The fourth-order valence-corrected chi connectivity index (χ4v) is 5.69. The molecule has 0 aliphatic heterocycles. The lowest BCUT2D eigenvalue weighted by atomic mass is 9.98. The van der Waals surface area contributed by atoms with Gasteiger partial charge in [-0.05, 0) is 50.9 Å². The minimum atomic E-state index is -0.971. The molecule has 4 aromatic carbocycles. The summed E-state index contributed by atoms with van der Waals surface area (Å²) in [5.41, 5.74) is 5.34. The SMILES string of the molecule is COC(=O)[C@H](CC(C)C)NC(=O)[C@@H](Cc1ccc2ccccc2c1)NC(=O)OCC1c2ccccc2-c2ccccc21. The molecule has 0 heterocycles. The fourth-order valence-electron chi connectivity index (χ4n) is 5.69. The number of amides is 2. The molecule has 1 aliphatic rings. The highest BCUT2D eigenvalue weighted by Crippen LogP contribution is 2.44. The third-order valence-corrected chi connectivity index (χ3v) is 7.72. The van der Waals surface area contributed by atoms with Crippen molar-refractivity contribution in [2.45, 2.75) is 44.7 Å². The quantitative estimate of drug-likeness (QED) is 0.231. The van der Waals surface area contributed by atoms with Crippen LogP contribution >= 0.6 is 0 Å². The van der Waals surface area contributed by atoms with E-state index in [2.05, 4.69) is 34.9 Å². The van der Waals surface area contributed by atoms with Gasteiger partial charge < -0.3 is 20.1 Å². The number of carbonyl (C=O) groups excluding carboxylic acids is 3. The summed E-state index contributed by atoms with van der Waals surface area (Å²) >= 11 is 0. The predicted octanol–water partition coefficient (Wildman–Crippen LogP) is 5.99. The normalized spacial score (nSPS) is 13.6. The van der Waals surface area contributed by atoms with Gasteiger partial charge in [0.1, 0.15) is 18.7 Å². The van der Waals surface area contributed by atoms with Crippen LogP contribution in [0.25, 0.3) is 21.9 Å². The molecule has 7 nitrogen and oxygen atoms in total. The van der Waals surface area contributed by atoms with E-state index >= 15 is 0 Å². The minimum Gasteiger partial charge on any atom is -0.467 e. The lowest BCUT2D eigenvalue weighted by Gasteiger charge is -2.23. The molecule has 42 heavy (non-hydrogen) atoms. The van der Waals surface area contributed by atoms with Gasteiger partial charge in [0.2, 0.25) is 5.91 Å². The summed E-state index contributed by atoms with van der Waals surface area (Å²) in [7, 11) is 1.29. The van der Waals surface area contributed by atoms with Crippen molar-refractivity contribution in [3.05, 3.63) is 108 Å². The molecule has 1 aliphatic carbocycles. The molecule has 0 aromatic heterocycles. The third kappa shape index (κ3) is 6.46. The van der Waals surface area contributed by atoms with Crippen molar-refractivity contribution in [1.29, 1.82) is 0 Å². The summed E-state index contributed by atoms with van der Waals surface area (Å²) in [6.07, 6.45) is -0.0704. The predicted molar refractivity (Wildman–Crippen MR) is 163 cm³/mol. The number of hydrogen-bond acceptors (Lipinski definition) is 5. The molecule has 0 unspecified atom stereocenters. The number of hydrogen-bond donors (Lipinski definition) is 2. The van der Waals surface area contributed by atoms with Crippen molar-refractivity contribution in [3.63, 3.8) is 0 Å². The van der Waals surface area contributed by atoms with Crippen LogP contribution in [0.4, 0.5) is 4.79 Å². The van der Waals surface area contributed by atoms with Crippen molar-refractivity contribution < 1.29 is 23.9 Å². The first-order chi connectivity index (χ1) is 20.3. The van der Waals surface area contributed by atoms with Crippen LogP contribution in [-0.4, -0.2) is 43.8 Å². The third-order valence-electron chi connectivity index (χ3n) is 7.72. The molecule has 2 N–H and O–H groups in total. The van der Waals surface area contributed by atoms with Crippen LogP contribution in [0.3, 0.4) is 0 Å². The van der Waals surface area contributed by atoms with Crippen molar-refractivity contribution in [2.75, 3.05) is 13.7 Å². The largest absolute Gasteiger partial charge is 0.467 e. The van der Waals surface area contributed by atoms with Crippen molar-refractivity contribution in [1.82, 2.24) is 10.6 Å². The fraction of sp³-hybridized carbons (Fsp3) is 0.286. The number of rotatable bonds is 10. The van der Waals surface area contributed by atoms with E-state index < -0.39 is 30.1 Å². The number of alkyl carbamates (subject to hydrolysis) is 1. The average molecular weight is 565 g/mol. The second-order valence-electron chi connectivity index (χ2n) is 11.1. The number of esters is 1. The minimum absolute atomic E-state index is 0.106. The first kappa shape index (κ1) is 28.9. The summed E-state index contributed by atoms with van der Waals surface area (Å²) in [6.45, 7) is 4.05. The molecule has 0 bridgehead atoms. The second kappa shape index (κ2) is 12.9. The van der Waals surface area contributed by atoms with Crippen molar-refractivity contribution in [3.8, 4) is 11.1 Å². The van der Waals surface area contributed by atoms with E-state index in [1.807, 2.05) is 80.6 Å². The number of benzene rings is 4. The van der Waals surface area contributed by atoms with Gasteiger partial charge in [-0.25, -0.2) is 9.59 Å². The lowest BCUT2D eigenvalue weighted by Crippen LogP contribution is -2.53. The monoisotopic (exact) mass is 564 g/mol. The number of carbonyl (C=O) groups is 3. The molecule has 0 saturated carbocycles. The zero-order valence-corrected chi connectivity index (χ0v) is 24.1. The Bertz CT molecular complexity index is 1550. The van der Waals surface area contributed by atoms with Gasteiger partial charge in [-0.2, -0.15) is 0 Å². The van der Waals surface area contributed by atoms with Crippen LogP contribution in [0.15, 0.2) is 91.0 Å². The summed E-state index contributed by atoms with van der Waals surface area (Å²) < 4.78 is 10.7. The van der Waals surface area contributed by atoms with Crippen LogP contribution in [0.1, 0.15) is 42.9 Å². The van der Waals surface area contributed by atoms with Crippen LogP contribution < -0.4 is 10.6 Å². The highest BCUT2D eigenvalue weighted by Gasteiger charge is 2.31. The van der Waals surface area contributed by atoms with E-state index in [1.165, 1.54) is 7.11 Å². The Balaban J connectivity index is 1.33. The lowest BCUT2D eigenvalue weighted by molar-refractivity contribution is -0.145. The van der Waals surface area contributed by atoms with Crippen LogP contribution in [0.5, 0.6) is 0 Å². The summed E-state index contributed by atoms with van der Waals surface area (Å²) in [4.78, 5) is 39.2. The van der Waals surface area contributed by atoms with Gasteiger partial charge in [-0.3, -0.25) is 4.79 Å². The van der Waals surface area contributed by atoms with Crippen molar-refractivity contribution >= 4 is 28.7 Å². The molecule has 7 heteroatoms. The Morgan fingerprint density at radius 3 is 2.02 bits per heavy atom. The Kier molecular flexibility index (Phi) is 8.86. The Morgan fingerprint density at radius 1 is 0.762 bits per heavy atom. The van der Waals surface area contributed by atoms with Crippen molar-refractivity contribution in [2.24, 2.45) is 5.92 Å². The number of nitrogens with one attached hydrogen (secondary N) is 2. The van der Waals surface area contributed by atoms with Gasteiger partial charge in [-0.1, -0.05) is 105 Å². The number of fused-ring (bicyclic) bond motifs is 4. The average Bonchev–Trinajstić information content (AvgIpc) is 3.32. The Hall–Kier alpha value is -4.65. The number of ether oxygens (including phenoxy) is 2. The van der Waals surface area contributed by atoms with Gasteiger partial charge in [-0.15, -0.1) is 0 Å². The van der Waals surface area contributed by atoms with E-state index in [9.17, 15) is 14.4 Å². The molecular weight excluding hydrogens is 528 g/mol. The summed E-state index contributed by atoms with van der Waals surface area (Å²) in [5.74, 6) is -0.968. The van der Waals surface area contributed by atoms with Gasteiger partial charge in [0, 0.05) is 12.3 Å². The standard InChI is InChI=1S/C35H36N2O5/c1-22(2)18-32(34(39)41-3)36-33(38)31(20-23-16-17-24-10-4-5-11-25(24)19-23)37-35(40)42-21-30-28-14-8-6-12-26(28)27-13-7-9-15-29(27)30/h4-17,19,22,30-32H,18,20-21H2,1-3H3,(H,36,38)(H,37,40)/t31-,32+/m1/s1. The maximum Gasteiger partial charge on any atom is 0.407 e. The highest BCUT2D eigenvalue weighted by molar-refractivity contribution is 5.90. The summed E-state index contributed by atoms with van der Waals surface area (Å²) in [6, 6.07) is 28.3. The van der Waals surface area contributed by atoms with Crippen LogP contribution in [-0.2, 0) is 25.5 Å². The molecule has 4 aromatic rings. The Morgan fingerprint density at radius 2 is 1.38 bits per heavy atom. The first-order valence-corrected chi connectivity index (χ1v) is 14.3. The summed E-state index contributed by atoms with van der Waals surface area (Å²) in [5, 5.41) is 7.69. The topological polar surface area (TPSA) is 93.7 Å². The second-order valence-corrected chi connectivity index (χ2v) is 11.1. The number of methoxy groups -OCH3 is 1. The maximum atomic E-state index is 13.6. The molecule has 216 valence electrons. The maximum absolute atomic E-state index is 13.6. The van der Waals surface area contributed by atoms with E-state index in [1.54, 1.807) is 0 Å². The molecule has 0 fully saturated rings.